The largest absolute Gasteiger partial charge is 0.422 e. The van der Waals surface area contributed by atoms with Crippen LogP contribution in [0.4, 0.5) is 4.39 Å². The normalized spacial score (nSPS) is 14.4. The maximum absolute atomic E-state index is 14.0. The predicted octanol–water partition coefficient (Wildman–Crippen LogP) is 5.04. The number of para-hydroxylation sites is 1. The van der Waals surface area contributed by atoms with Crippen molar-refractivity contribution in [1.29, 1.82) is 0 Å². The Hall–Kier alpha value is -3.77. The summed E-state index contributed by atoms with van der Waals surface area (Å²) in [6.07, 6.45) is 1.42. The van der Waals surface area contributed by atoms with Gasteiger partial charge in [0.25, 0.3) is 0 Å². The second-order valence-electron chi connectivity index (χ2n) is 6.25. The lowest BCUT2D eigenvalue weighted by Crippen LogP contribution is -2.09. The Morgan fingerprint density at radius 3 is 2.47 bits per heavy atom. The number of carbonyl (C=O) groups is 2. The molecule has 0 aliphatic carbocycles. The van der Waals surface area contributed by atoms with Crippen molar-refractivity contribution in [2.75, 3.05) is 0 Å². The highest BCUT2D eigenvalue weighted by molar-refractivity contribution is 6.30. The van der Waals surface area contributed by atoms with Gasteiger partial charge < -0.3 is 9.47 Å². The lowest BCUT2D eigenvalue weighted by Gasteiger charge is -2.07. The smallest absolute Gasteiger partial charge is 0.363 e. The summed E-state index contributed by atoms with van der Waals surface area (Å²) in [5.74, 6) is -1.76. The highest BCUT2D eigenvalue weighted by atomic mass is 35.5. The zero-order valence-electron chi connectivity index (χ0n) is 15.3. The van der Waals surface area contributed by atoms with E-state index in [4.69, 9.17) is 21.1 Å². The maximum atomic E-state index is 14.0. The molecule has 1 heterocycles. The summed E-state index contributed by atoms with van der Waals surface area (Å²) >= 11 is 5.84. The highest BCUT2D eigenvalue weighted by Gasteiger charge is 2.26. The van der Waals surface area contributed by atoms with Gasteiger partial charge in [0.15, 0.2) is 5.70 Å². The number of aliphatic imine (C=N–C) groups is 1. The molecule has 0 bridgehead atoms. The first kappa shape index (κ1) is 19.5. The van der Waals surface area contributed by atoms with Gasteiger partial charge >= 0.3 is 11.9 Å². The van der Waals surface area contributed by atoms with Crippen LogP contribution in [0, 0.1) is 5.82 Å². The average Bonchev–Trinajstić information content (AvgIpc) is 3.10. The average molecular weight is 422 g/mol. The van der Waals surface area contributed by atoms with E-state index in [0.717, 1.165) is 0 Å². The number of cyclic esters (lactones) is 1. The van der Waals surface area contributed by atoms with E-state index in [1.54, 1.807) is 54.6 Å². The topological polar surface area (TPSA) is 65.0 Å². The minimum Gasteiger partial charge on any atom is -0.422 e. The SMILES string of the molecule is O=C1OC(c2ccccc2F)=N/C1=C/c1ccccc1OC(=O)c1ccc(Cl)cc1. The van der Waals surface area contributed by atoms with E-state index >= 15 is 0 Å². The van der Waals surface area contributed by atoms with Crippen LogP contribution in [0.1, 0.15) is 21.5 Å². The Balaban J connectivity index is 1.63. The van der Waals surface area contributed by atoms with Gasteiger partial charge in [-0.3, -0.25) is 0 Å². The van der Waals surface area contributed by atoms with Gasteiger partial charge in [0.05, 0.1) is 11.1 Å². The van der Waals surface area contributed by atoms with E-state index in [1.165, 1.54) is 24.3 Å². The molecule has 1 aliphatic rings. The third-order valence-corrected chi connectivity index (χ3v) is 4.47. The number of esters is 2. The number of carbonyl (C=O) groups excluding carboxylic acids is 2. The van der Waals surface area contributed by atoms with Gasteiger partial charge in [-0.2, -0.15) is 0 Å². The van der Waals surface area contributed by atoms with E-state index in [0.29, 0.717) is 16.1 Å². The van der Waals surface area contributed by atoms with Gasteiger partial charge in [0, 0.05) is 10.6 Å². The summed E-state index contributed by atoms with van der Waals surface area (Å²) in [4.78, 5) is 28.7. The molecule has 5 nitrogen and oxygen atoms in total. The molecule has 148 valence electrons. The molecule has 0 aromatic heterocycles. The van der Waals surface area contributed by atoms with Crippen LogP contribution in [-0.4, -0.2) is 17.8 Å². The van der Waals surface area contributed by atoms with Crippen molar-refractivity contribution in [3.63, 3.8) is 0 Å². The van der Waals surface area contributed by atoms with Crippen molar-refractivity contribution >= 4 is 35.5 Å². The molecule has 3 aromatic rings. The zero-order valence-corrected chi connectivity index (χ0v) is 16.1. The molecule has 0 unspecified atom stereocenters. The summed E-state index contributed by atoms with van der Waals surface area (Å²) in [7, 11) is 0. The molecular formula is C23H13ClFNO4. The molecule has 0 saturated carbocycles. The number of halogens is 2. The van der Waals surface area contributed by atoms with E-state index in [2.05, 4.69) is 4.99 Å². The molecule has 0 amide bonds. The number of rotatable bonds is 4. The standard InChI is InChI=1S/C23H13ClFNO4/c24-16-11-9-14(10-12-16)22(27)29-20-8-4-1-5-15(20)13-19-23(28)30-21(26-19)17-6-2-3-7-18(17)25/h1-13H/b19-13+. The first-order valence-electron chi connectivity index (χ1n) is 8.85. The number of benzene rings is 3. The molecular weight excluding hydrogens is 409 g/mol. The number of ether oxygens (including phenoxy) is 2. The second-order valence-corrected chi connectivity index (χ2v) is 6.69. The fourth-order valence-electron chi connectivity index (χ4n) is 2.74. The number of hydrogen-bond donors (Lipinski definition) is 0. The molecule has 0 N–H and O–H groups in total. The first-order chi connectivity index (χ1) is 14.5. The Labute approximate surface area is 176 Å². The molecule has 0 saturated heterocycles. The van der Waals surface area contributed by atoms with Gasteiger partial charge in [0.1, 0.15) is 11.6 Å². The van der Waals surface area contributed by atoms with Gasteiger partial charge in [-0.15, -0.1) is 0 Å². The molecule has 0 radical (unpaired) electrons. The third kappa shape index (κ3) is 4.14. The second kappa shape index (κ2) is 8.31. The van der Waals surface area contributed by atoms with Crippen LogP contribution in [0.2, 0.25) is 5.02 Å². The van der Waals surface area contributed by atoms with Crippen molar-refractivity contribution in [3.8, 4) is 5.75 Å². The molecule has 0 atom stereocenters. The summed E-state index contributed by atoms with van der Waals surface area (Å²) in [5.41, 5.74) is 0.798. The van der Waals surface area contributed by atoms with Crippen LogP contribution >= 0.6 is 11.6 Å². The van der Waals surface area contributed by atoms with Gasteiger partial charge in [0.2, 0.25) is 5.90 Å². The first-order valence-corrected chi connectivity index (χ1v) is 9.23. The predicted molar refractivity (Wildman–Crippen MR) is 110 cm³/mol. The van der Waals surface area contributed by atoms with E-state index < -0.39 is 17.8 Å². The van der Waals surface area contributed by atoms with Crippen molar-refractivity contribution in [2.45, 2.75) is 0 Å². The van der Waals surface area contributed by atoms with Crippen LogP contribution in [0.15, 0.2) is 83.5 Å². The zero-order chi connectivity index (χ0) is 21.1. The van der Waals surface area contributed by atoms with Crippen LogP contribution in [0.25, 0.3) is 6.08 Å². The Morgan fingerprint density at radius 2 is 1.70 bits per heavy atom. The van der Waals surface area contributed by atoms with Crippen molar-refractivity contribution in [2.24, 2.45) is 4.99 Å². The summed E-state index contributed by atoms with van der Waals surface area (Å²) in [5, 5.41) is 0.500. The Morgan fingerprint density at radius 1 is 1.00 bits per heavy atom. The molecule has 1 aliphatic heterocycles. The minimum absolute atomic E-state index is 0.0387. The van der Waals surface area contributed by atoms with E-state index in [-0.39, 0.29) is 22.9 Å². The molecule has 0 spiro atoms. The number of nitrogens with zero attached hydrogens (tertiary/aromatic N) is 1. The monoisotopic (exact) mass is 421 g/mol. The van der Waals surface area contributed by atoms with Gasteiger partial charge in [-0.05, 0) is 48.5 Å². The van der Waals surface area contributed by atoms with Crippen LogP contribution in [-0.2, 0) is 9.53 Å². The number of hydrogen-bond acceptors (Lipinski definition) is 5. The molecule has 4 rings (SSSR count). The Kier molecular flexibility index (Phi) is 5.41. The van der Waals surface area contributed by atoms with Crippen molar-refractivity contribution in [3.05, 3.63) is 106 Å². The molecule has 0 fully saturated rings. The maximum Gasteiger partial charge on any atom is 0.363 e. The highest BCUT2D eigenvalue weighted by Crippen LogP contribution is 2.26. The summed E-state index contributed by atoms with van der Waals surface area (Å²) < 4.78 is 24.5. The van der Waals surface area contributed by atoms with Gasteiger partial charge in [-0.25, -0.2) is 19.0 Å². The minimum atomic E-state index is -0.730. The molecule has 30 heavy (non-hydrogen) atoms. The van der Waals surface area contributed by atoms with E-state index in [9.17, 15) is 14.0 Å². The summed E-state index contributed by atoms with van der Waals surface area (Å²) in [6, 6.07) is 18.8. The molecule has 7 heteroatoms. The third-order valence-electron chi connectivity index (χ3n) is 4.22. The lowest BCUT2D eigenvalue weighted by atomic mass is 10.1. The Bertz CT molecular complexity index is 1200. The lowest BCUT2D eigenvalue weighted by molar-refractivity contribution is -0.129. The fourth-order valence-corrected chi connectivity index (χ4v) is 2.87. The van der Waals surface area contributed by atoms with Crippen molar-refractivity contribution in [1.82, 2.24) is 0 Å². The van der Waals surface area contributed by atoms with Crippen LogP contribution in [0.3, 0.4) is 0 Å². The van der Waals surface area contributed by atoms with E-state index in [1.807, 2.05) is 0 Å². The quantitative estimate of drug-likeness (QED) is 0.336. The fraction of sp³-hybridized carbons (Fsp3) is 0. The van der Waals surface area contributed by atoms with Gasteiger partial charge in [-0.1, -0.05) is 41.9 Å². The summed E-state index contributed by atoms with van der Waals surface area (Å²) in [6.45, 7) is 0. The molecule has 3 aromatic carbocycles. The van der Waals surface area contributed by atoms with Crippen LogP contribution < -0.4 is 4.74 Å². The van der Waals surface area contributed by atoms with Crippen molar-refractivity contribution < 1.29 is 23.5 Å². The van der Waals surface area contributed by atoms with Crippen LogP contribution in [0.5, 0.6) is 5.75 Å².